The summed E-state index contributed by atoms with van der Waals surface area (Å²) in [6.45, 7) is 10.1. The maximum absolute atomic E-state index is 5.79. The number of hydrogen-bond acceptors (Lipinski definition) is 1. The largest absolute Gasteiger partial charge is 0.314 e. The first kappa shape index (κ1) is 13.2. The standard InChI is InChI=1S/C11H24ClN/c1-5-11(6-2)8-13-10(4)9(3)7-12/h9-11,13H,5-8H2,1-4H3. The molecule has 0 saturated heterocycles. The van der Waals surface area contributed by atoms with Crippen molar-refractivity contribution in [2.45, 2.75) is 46.6 Å². The minimum atomic E-state index is 0.540. The minimum Gasteiger partial charge on any atom is -0.314 e. The molecule has 0 bridgehead atoms. The second-order valence-electron chi connectivity index (χ2n) is 4.01. The second-order valence-corrected chi connectivity index (χ2v) is 4.32. The van der Waals surface area contributed by atoms with Gasteiger partial charge in [-0.1, -0.05) is 33.6 Å². The Morgan fingerprint density at radius 3 is 2.08 bits per heavy atom. The lowest BCUT2D eigenvalue weighted by atomic mass is 10.0. The van der Waals surface area contributed by atoms with Crippen molar-refractivity contribution in [3.05, 3.63) is 0 Å². The molecule has 0 radical (unpaired) electrons. The maximum atomic E-state index is 5.79. The molecule has 0 aromatic heterocycles. The van der Waals surface area contributed by atoms with Crippen LogP contribution >= 0.6 is 11.6 Å². The number of halogens is 1. The van der Waals surface area contributed by atoms with Gasteiger partial charge in [-0.05, 0) is 25.3 Å². The highest BCUT2D eigenvalue weighted by molar-refractivity contribution is 6.18. The molecule has 2 unspecified atom stereocenters. The molecule has 0 amide bonds. The first-order valence-corrected chi connectivity index (χ1v) is 5.98. The SMILES string of the molecule is CCC(CC)CNC(C)C(C)CCl. The molecule has 0 fully saturated rings. The third kappa shape index (κ3) is 5.53. The number of rotatable bonds is 7. The maximum Gasteiger partial charge on any atom is 0.0263 e. The minimum absolute atomic E-state index is 0.540. The van der Waals surface area contributed by atoms with Crippen LogP contribution < -0.4 is 5.32 Å². The second kappa shape index (κ2) is 7.64. The van der Waals surface area contributed by atoms with Crippen LogP contribution in [-0.2, 0) is 0 Å². The van der Waals surface area contributed by atoms with Crippen molar-refractivity contribution in [2.24, 2.45) is 11.8 Å². The van der Waals surface area contributed by atoms with E-state index >= 15 is 0 Å². The summed E-state index contributed by atoms with van der Waals surface area (Å²) in [5.74, 6) is 2.14. The van der Waals surface area contributed by atoms with Crippen LogP contribution in [0.15, 0.2) is 0 Å². The fourth-order valence-corrected chi connectivity index (χ4v) is 1.53. The summed E-state index contributed by atoms with van der Waals surface area (Å²) in [7, 11) is 0. The Kier molecular flexibility index (Phi) is 7.78. The summed E-state index contributed by atoms with van der Waals surface area (Å²) in [5.41, 5.74) is 0. The Morgan fingerprint density at radius 2 is 1.69 bits per heavy atom. The number of alkyl halides is 1. The van der Waals surface area contributed by atoms with Crippen LogP contribution in [0.4, 0.5) is 0 Å². The molecule has 0 heterocycles. The van der Waals surface area contributed by atoms with E-state index in [2.05, 4.69) is 33.0 Å². The highest BCUT2D eigenvalue weighted by Crippen LogP contribution is 2.08. The van der Waals surface area contributed by atoms with E-state index in [9.17, 15) is 0 Å². The molecule has 0 aliphatic carbocycles. The molecule has 0 aliphatic heterocycles. The molecule has 80 valence electrons. The zero-order valence-electron chi connectivity index (χ0n) is 9.44. The van der Waals surface area contributed by atoms with Crippen LogP contribution in [0.25, 0.3) is 0 Å². The average Bonchev–Trinajstić information content (AvgIpc) is 2.17. The van der Waals surface area contributed by atoms with Gasteiger partial charge in [0.15, 0.2) is 0 Å². The topological polar surface area (TPSA) is 12.0 Å². The van der Waals surface area contributed by atoms with Gasteiger partial charge in [-0.3, -0.25) is 0 Å². The highest BCUT2D eigenvalue weighted by Gasteiger charge is 2.11. The van der Waals surface area contributed by atoms with Crippen molar-refractivity contribution in [2.75, 3.05) is 12.4 Å². The van der Waals surface area contributed by atoms with E-state index in [1.54, 1.807) is 0 Å². The predicted molar refractivity (Wildman–Crippen MR) is 61.4 cm³/mol. The molecular weight excluding hydrogens is 182 g/mol. The highest BCUT2D eigenvalue weighted by atomic mass is 35.5. The van der Waals surface area contributed by atoms with E-state index < -0.39 is 0 Å². The smallest absolute Gasteiger partial charge is 0.0263 e. The summed E-state index contributed by atoms with van der Waals surface area (Å²) < 4.78 is 0. The van der Waals surface area contributed by atoms with Crippen molar-refractivity contribution in [1.82, 2.24) is 5.32 Å². The molecule has 13 heavy (non-hydrogen) atoms. The van der Waals surface area contributed by atoms with Gasteiger partial charge >= 0.3 is 0 Å². The van der Waals surface area contributed by atoms with Crippen molar-refractivity contribution in [1.29, 1.82) is 0 Å². The Hall–Kier alpha value is 0.250. The zero-order chi connectivity index (χ0) is 10.3. The van der Waals surface area contributed by atoms with Crippen LogP contribution in [0, 0.1) is 11.8 Å². The number of nitrogens with one attached hydrogen (secondary N) is 1. The quantitative estimate of drug-likeness (QED) is 0.630. The van der Waals surface area contributed by atoms with Gasteiger partial charge < -0.3 is 5.32 Å². The molecule has 1 nitrogen and oxygen atoms in total. The Bertz CT molecular complexity index is 113. The van der Waals surface area contributed by atoms with E-state index in [1.165, 1.54) is 12.8 Å². The van der Waals surface area contributed by atoms with E-state index in [0.717, 1.165) is 18.3 Å². The van der Waals surface area contributed by atoms with E-state index in [0.29, 0.717) is 12.0 Å². The van der Waals surface area contributed by atoms with Gasteiger partial charge in [0.05, 0.1) is 0 Å². The molecule has 0 saturated carbocycles. The lowest BCUT2D eigenvalue weighted by Crippen LogP contribution is -2.36. The molecule has 0 aromatic carbocycles. The zero-order valence-corrected chi connectivity index (χ0v) is 10.2. The van der Waals surface area contributed by atoms with Crippen LogP contribution in [-0.4, -0.2) is 18.5 Å². The molecule has 0 aliphatic rings. The van der Waals surface area contributed by atoms with Gasteiger partial charge in [-0.25, -0.2) is 0 Å². The van der Waals surface area contributed by atoms with Crippen molar-refractivity contribution >= 4 is 11.6 Å². The average molecular weight is 206 g/mol. The van der Waals surface area contributed by atoms with Gasteiger partial charge in [-0.2, -0.15) is 0 Å². The van der Waals surface area contributed by atoms with E-state index in [-0.39, 0.29) is 0 Å². The summed E-state index contributed by atoms with van der Waals surface area (Å²) in [6.07, 6.45) is 2.54. The van der Waals surface area contributed by atoms with E-state index in [4.69, 9.17) is 11.6 Å². The molecule has 0 aromatic rings. The van der Waals surface area contributed by atoms with Crippen LogP contribution in [0.1, 0.15) is 40.5 Å². The molecular formula is C11H24ClN. The van der Waals surface area contributed by atoms with Crippen LogP contribution in [0.2, 0.25) is 0 Å². The van der Waals surface area contributed by atoms with Crippen LogP contribution in [0.5, 0.6) is 0 Å². The Morgan fingerprint density at radius 1 is 1.15 bits per heavy atom. The molecule has 2 atom stereocenters. The number of hydrogen-bond donors (Lipinski definition) is 1. The first-order valence-electron chi connectivity index (χ1n) is 5.44. The molecule has 0 spiro atoms. The van der Waals surface area contributed by atoms with Gasteiger partial charge in [-0.15, -0.1) is 11.6 Å². The van der Waals surface area contributed by atoms with Crippen molar-refractivity contribution in [3.8, 4) is 0 Å². The summed E-state index contributed by atoms with van der Waals surface area (Å²) >= 11 is 5.79. The molecule has 1 N–H and O–H groups in total. The van der Waals surface area contributed by atoms with Crippen molar-refractivity contribution < 1.29 is 0 Å². The normalized spacial score (nSPS) is 16.2. The van der Waals surface area contributed by atoms with Gasteiger partial charge in [0.1, 0.15) is 0 Å². The summed E-state index contributed by atoms with van der Waals surface area (Å²) in [5, 5.41) is 3.55. The predicted octanol–water partition coefficient (Wildman–Crippen LogP) is 3.28. The Labute approximate surface area is 88.2 Å². The third-order valence-electron chi connectivity index (χ3n) is 2.98. The first-order chi connectivity index (χ1) is 6.15. The molecule has 2 heteroatoms. The summed E-state index contributed by atoms with van der Waals surface area (Å²) in [6, 6.07) is 0.540. The third-order valence-corrected chi connectivity index (χ3v) is 3.47. The van der Waals surface area contributed by atoms with E-state index in [1.807, 2.05) is 0 Å². The fourth-order valence-electron chi connectivity index (χ4n) is 1.26. The molecule has 0 rings (SSSR count). The van der Waals surface area contributed by atoms with Gasteiger partial charge in [0.2, 0.25) is 0 Å². The summed E-state index contributed by atoms with van der Waals surface area (Å²) in [4.78, 5) is 0. The van der Waals surface area contributed by atoms with Gasteiger partial charge in [0, 0.05) is 11.9 Å². The van der Waals surface area contributed by atoms with Crippen molar-refractivity contribution in [3.63, 3.8) is 0 Å². The lowest BCUT2D eigenvalue weighted by Gasteiger charge is -2.22. The van der Waals surface area contributed by atoms with Crippen LogP contribution in [0.3, 0.4) is 0 Å². The fraction of sp³-hybridized carbons (Fsp3) is 1.00. The Balaban J connectivity index is 3.61. The lowest BCUT2D eigenvalue weighted by molar-refractivity contribution is 0.371. The monoisotopic (exact) mass is 205 g/mol. The van der Waals surface area contributed by atoms with Gasteiger partial charge in [0.25, 0.3) is 0 Å².